The molecule has 1 saturated heterocycles. The lowest BCUT2D eigenvalue weighted by atomic mass is 10.1. The number of hydrogen-bond donors (Lipinski definition) is 3. The topological polar surface area (TPSA) is 109 Å². The summed E-state index contributed by atoms with van der Waals surface area (Å²) < 4.78 is 24.2. The molecule has 0 aliphatic carbocycles. The lowest BCUT2D eigenvalue weighted by Gasteiger charge is -2.13. The first-order valence-electron chi connectivity index (χ1n) is 8.02. The standard InChI is InChI=1S/C17H20FN5O2/c18-17(20)23-15(19)16-21-8-13(22-16)14-7-6-12(25-14)10-24-9-11-4-2-1-3-5-11/h1-5,8,12,14H,6-7,9-10H2,(H,21,22)(H3,19,20,23)/t12-,14+/m0/s1. The molecule has 1 aliphatic heterocycles. The zero-order chi connectivity index (χ0) is 17.6. The molecule has 0 spiro atoms. The summed E-state index contributed by atoms with van der Waals surface area (Å²) in [6.07, 6.45) is 1.83. The van der Waals surface area contributed by atoms with E-state index in [4.69, 9.17) is 20.6 Å². The fourth-order valence-corrected chi connectivity index (χ4v) is 2.73. The van der Waals surface area contributed by atoms with Gasteiger partial charge >= 0.3 is 6.09 Å². The number of hydrogen-bond acceptors (Lipinski definition) is 4. The van der Waals surface area contributed by atoms with Gasteiger partial charge in [-0.05, 0) is 18.4 Å². The maximum absolute atomic E-state index is 12.5. The fraction of sp³-hybridized carbons (Fsp3) is 0.353. The SMILES string of the molecule is N=C(F)N=C(N)c1ncc([C@H]2CC[C@@H](COCc3ccccc3)O2)[nH]1. The number of nitrogens with zero attached hydrogens (tertiary/aromatic N) is 2. The van der Waals surface area contributed by atoms with E-state index in [1.165, 1.54) is 0 Å². The van der Waals surface area contributed by atoms with Crippen molar-refractivity contribution in [3.63, 3.8) is 0 Å². The minimum absolute atomic E-state index is 0.0190. The average molecular weight is 345 g/mol. The maximum Gasteiger partial charge on any atom is 0.303 e. The van der Waals surface area contributed by atoms with E-state index in [9.17, 15) is 4.39 Å². The number of imidazole rings is 1. The molecule has 4 N–H and O–H groups in total. The van der Waals surface area contributed by atoms with Crippen LogP contribution in [0.15, 0.2) is 41.5 Å². The largest absolute Gasteiger partial charge is 0.380 e. The van der Waals surface area contributed by atoms with Gasteiger partial charge in [0.25, 0.3) is 0 Å². The van der Waals surface area contributed by atoms with Crippen molar-refractivity contribution in [3.8, 4) is 0 Å². The number of aliphatic imine (C=N–C) groups is 1. The molecule has 1 aromatic carbocycles. The van der Waals surface area contributed by atoms with Crippen molar-refractivity contribution in [2.24, 2.45) is 10.7 Å². The van der Waals surface area contributed by atoms with Gasteiger partial charge in [-0.25, -0.2) is 4.98 Å². The highest BCUT2D eigenvalue weighted by Crippen LogP contribution is 2.31. The number of nitrogens with one attached hydrogen (secondary N) is 2. The Kier molecular flexibility index (Phi) is 5.52. The van der Waals surface area contributed by atoms with Crippen LogP contribution in [0.25, 0.3) is 0 Å². The number of halogens is 1. The van der Waals surface area contributed by atoms with Crippen LogP contribution in [0.2, 0.25) is 0 Å². The molecule has 1 aromatic heterocycles. The highest BCUT2D eigenvalue weighted by molar-refractivity contribution is 6.00. The van der Waals surface area contributed by atoms with Crippen LogP contribution in [0.3, 0.4) is 0 Å². The van der Waals surface area contributed by atoms with Crippen LogP contribution < -0.4 is 5.73 Å². The van der Waals surface area contributed by atoms with E-state index in [1.54, 1.807) is 6.20 Å². The lowest BCUT2D eigenvalue weighted by Crippen LogP contribution is -2.17. The van der Waals surface area contributed by atoms with E-state index in [1.807, 2.05) is 30.3 Å². The van der Waals surface area contributed by atoms with Crippen LogP contribution in [-0.2, 0) is 16.1 Å². The van der Waals surface area contributed by atoms with E-state index in [0.717, 1.165) is 24.1 Å². The molecule has 0 saturated carbocycles. The van der Waals surface area contributed by atoms with Gasteiger partial charge in [-0.2, -0.15) is 9.38 Å². The molecule has 2 heterocycles. The number of aromatic amines is 1. The molecule has 0 bridgehead atoms. The number of nitrogens with two attached hydrogens (primary N) is 1. The normalized spacial score (nSPS) is 20.8. The highest BCUT2D eigenvalue weighted by Gasteiger charge is 2.28. The van der Waals surface area contributed by atoms with E-state index in [0.29, 0.717) is 13.2 Å². The van der Waals surface area contributed by atoms with Gasteiger partial charge in [0.2, 0.25) is 0 Å². The summed E-state index contributed by atoms with van der Waals surface area (Å²) in [6, 6.07) is 9.98. The predicted octanol–water partition coefficient (Wildman–Crippen LogP) is 2.46. The Bertz CT molecular complexity index is 747. The van der Waals surface area contributed by atoms with Crippen molar-refractivity contribution in [2.75, 3.05) is 6.61 Å². The molecule has 1 aliphatic rings. The summed E-state index contributed by atoms with van der Waals surface area (Å²) in [4.78, 5) is 10.2. The van der Waals surface area contributed by atoms with Gasteiger partial charge in [0.05, 0.1) is 37.3 Å². The molecule has 0 amide bonds. The first-order chi connectivity index (χ1) is 12.1. The Hall–Kier alpha value is -2.58. The van der Waals surface area contributed by atoms with Crippen molar-refractivity contribution in [1.82, 2.24) is 9.97 Å². The molecule has 3 rings (SSSR count). The molecule has 132 valence electrons. The molecule has 25 heavy (non-hydrogen) atoms. The third kappa shape index (κ3) is 4.71. The zero-order valence-corrected chi connectivity index (χ0v) is 13.6. The number of amidine groups is 2. The third-order valence-electron chi connectivity index (χ3n) is 3.93. The number of benzene rings is 1. The third-order valence-corrected chi connectivity index (χ3v) is 3.93. The molecule has 1 fully saturated rings. The lowest BCUT2D eigenvalue weighted by molar-refractivity contribution is -0.0215. The van der Waals surface area contributed by atoms with E-state index in [2.05, 4.69) is 15.0 Å². The zero-order valence-electron chi connectivity index (χ0n) is 13.6. The van der Waals surface area contributed by atoms with Crippen LogP contribution in [0.5, 0.6) is 0 Å². The van der Waals surface area contributed by atoms with Crippen molar-refractivity contribution in [3.05, 3.63) is 53.6 Å². The Morgan fingerprint density at radius 1 is 1.40 bits per heavy atom. The van der Waals surface area contributed by atoms with E-state index < -0.39 is 6.09 Å². The molecular formula is C17H20FN5O2. The molecule has 8 heteroatoms. The van der Waals surface area contributed by atoms with Crippen molar-refractivity contribution in [2.45, 2.75) is 31.7 Å². The van der Waals surface area contributed by atoms with Gasteiger partial charge in [0.15, 0.2) is 11.7 Å². The Labute approximate surface area is 144 Å². The average Bonchev–Trinajstić information content (AvgIpc) is 3.24. The van der Waals surface area contributed by atoms with Gasteiger partial charge in [0.1, 0.15) is 0 Å². The smallest absolute Gasteiger partial charge is 0.303 e. The molecule has 0 unspecified atom stereocenters. The minimum Gasteiger partial charge on any atom is -0.380 e. The first kappa shape index (κ1) is 17.2. The van der Waals surface area contributed by atoms with Gasteiger partial charge in [0, 0.05) is 0 Å². The second-order valence-corrected chi connectivity index (χ2v) is 5.80. The molecule has 2 aromatic rings. The van der Waals surface area contributed by atoms with Gasteiger partial charge < -0.3 is 20.2 Å². The predicted molar refractivity (Wildman–Crippen MR) is 91.1 cm³/mol. The van der Waals surface area contributed by atoms with Gasteiger partial charge in [-0.1, -0.05) is 30.3 Å². The quantitative estimate of drug-likeness (QED) is 0.424. The Morgan fingerprint density at radius 2 is 2.20 bits per heavy atom. The maximum atomic E-state index is 12.5. The summed E-state index contributed by atoms with van der Waals surface area (Å²) in [6.45, 7) is 1.08. The number of ether oxygens (including phenoxy) is 2. The molecule has 2 atom stereocenters. The first-order valence-corrected chi connectivity index (χ1v) is 8.02. The van der Waals surface area contributed by atoms with Crippen LogP contribution in [0.1, 0.15) is 36.0 Å². The second-order valence-electron chi connectivity index (χ2n) is 5.80. The molecule has 0 radical (unpaired) electrons. The number of aromatic nitrogens is 2. The summed E-state index contributed by atoms with van der Waals surface area (Å²) in [7, 11) is 0. The monoisotopic (exact) mass is 345 g/mol. The van der Waals surface area contributed by atoms with E-state index >= 15 is 0 Å². The van der Waals surface area contributed by atoms with Crippen LogP contribution in [-0.4, -0.2) is 34.6 Å². The Morgan fingerprint density at radius 3 is 2.96 bits per heavy atom. The molecular weight excluding hydrogens is 325 g/mol. The van der Waals surface area contributed by atoms with E-state index in [-0.39, 0.29) is 23.9 Å². The summed E-state index contributed by atoms with van der Waals surface area (Å²) >= 11 is 0. The van der Waals surface area contributed by atoms with Crippen LogP contribution in [0, 0.1) is 5.41 Å². The summed E-state index contributed by atoms with van der Waals surface area (Å²) in [5.74, 6) is 0.0595. The van der Waals surface area contributed by atoms with Crippen molar-refractivity contribution < 1.29 is 13.9 Å². The highest BCUT2D eigenvalue weighted by atomic mass is 19.1. The summed E-state index contributed by atoms with van der Waals surface area (Å²) in [5.41, 5.74) is 7.45. The fourth-order valence-electron chi connectivity index (χ4n) is 2.73. The summed E-state index contributed by atoms with van der Waals surface area (Å²) in [5, 5.41) is 6.69. The van der Waals surface area contributed by atoms with Crippen molar-refractivity contribution in [1.29, 1.82) is 5.41 Å². The van der Waals surface area contributed by atoms with Crippen LogP contribution >= 0.6 is 0 Å². The second kappa shape index (κ2) is 8.00. The number of rotatable bonds is 6. The minimum atomic E-state index is -1.36. The molecule has 7 nitrogen and oxygen atoms in total. The number of H-pyrrole nitrogens is 1. The van der Waals surface area contributed by atoms with Crippen molar-refractivity contribution >= 4 is 11.9 Å². The van der Waals surface area contributed by atoms with Gasteiger partial charge in [-0.15, -0.1) is 0 Å². The van der Waals surface area contributed by atoms with Gasteiger partial charge in [-0.3, -0.25) is 5.41 Å². The van der Waals surface area contributed by atoms with Crippen LogP contribution in [0.4, 0.5) is 4.39 Å². The Balaban J connectivity index is 1.49.